The molecule has 2 aromatic rings. The van der Waals surface area contributed by atoms with Gasteiger partial charge in [-0.2, -0.15) is 0 Å². The van der Waals surface area contributed by atoms with Crippen molar-refractivity contribution in [2.45, 2.75) is 51.4 Å². The van der Waals surface area contributed by atoms with E-state index in [0.717, 1.165) is 6.54 Å². The molecule has 2 unspecified atom stereocenters. The van der Waals surface area contributed by atoms with E-state index in [0.29, 0.717) is 12.1 Å². The highest BCUT2D eigenvalue weighted by Gasteiger charge is 2.36. The number of benzene rings is 1. The zero-order valence-corrected chi connectivity index (χ0v) is 13.6. The van der Waals surface area contributed by atoms with Gasteiger partial charge in [0.1, 0.15) is 0 Å². The first kappa shape index (κ1) is 14.8. The van der Waals surface area contributed by atoms with Crippen molar-refractivity contribution in [1.29, 1.82) is 0 Å². The summed E-state index contributed by atoms with van der Waals surface area (Å²) in [5.41, 5.74) is 9.04. The zero-order valence-electron chi connectivity index (χ0n) is 12.8. The van der Waals surface area contributed by atoms with Gasteiger partial charge in [0.25, 0.3) is 0 Å². The minimum absolute atomic E-state index is 0.132. The summed E-state index contributed by atoms with van der Waals surface area (Å²) in [5, 5.41) is 2.16. The Balaban J connectivity index is 1.89. The summed E-state index contributed by atoms with van der Waals surface area (Å²) in [7, 11) is 0. The molecule has 0 bridgehead atoms. The van der Waals surface area contributed by atoms with Crippen molar-refractivity contribution in [2.75, 3.05) is 0 Å². The average Bonchev–Trinajstić information content (AvgIpc) is 3.16. The van der Waals surface area contributed by atoms with Crippen molar-refractivity contribution in [3.05, 3.63) is 57.8 Å². The second-order valence-electron chi connectivity index (χ2n) is 6.20. The maximum Gasteiger partial charge on any atom is 0.0503 e. The van der Waals surface area contributed by atoms with Gasteiger partial charge in [0.15, 0.2) is 0 Å². The summed E-state index contributed by atoms with van der Waals surface area (Å²) in [5.74, 6) is 0. The number of aryl methyl sites for hydroxylation is 1. The van der Waals surface area contributed by atoms with Crippen LogP contribution in [-0.4, -0.2) is 17.0 Å². The van der Waals surface area contributed by atoms with Crippen molar-refractivity contribution in [3.63, 3.8) is 0 Å². The number of nitrogens with two attached hydrogens (primary N) is 1. The predicted octanol–water partition coefficient (Wildman–Crippen LogP) is 4.11. The molecule has 2 N–H and O–H groups in total. The number of hydrogen-bond donors (Lipinski definition) is 1. The van der Waals surface area contributed by atoms with Crippen LogP contribution < -0.4 is 5.73 Å². The van der Waals surface area contributed by atoms with Crippen molar-refractivity contribution >= 4 is 11.3 Å². The van der Waals surface area contributed by atoms with Gasteiger partial charge in [0, 0.05) is 23.5 Å². The Morgan fingerprint density at radius 3 is 2.67 bits per heavy atom. The summed E-state index contributed by atoms with van der Waals surface area (Å²) in [6.45, 7) is 5.31. The summed E-state index contributed by atoms with van der Waals surface area (Å²) in [6, 6.07) is 14.3. The van der Waals surface area contributed by atoms with Crippen molar-refractivity contribution in [1.82, 2.24) is 4.90 Å². The Hall–Kier alpha value is -1.16. The molecule has 1 fully saturated rings. The van der Waals surface area contributed by atoms with Gasteiger partial charge in [0.2, 0.25) is 0 Å². The predicted molar refractivity (Wildman–Crippen MR) is 90.5 cm³/mol. The Morgan fingerprint density at radius 2 is 2.10 bits per heavy atom. The molecule has 0 spiro atoms. The summed E-state index contributed by atoms with van der Waals surface area (Å²) < 4.78 is 0. The molecule has 1 aliphatic rings. The fourth-order valence-corrected chi connectivity index (χ4v) is 3.81. The van der Waals surface area contributed by atoms with E-state index in [1.54, 1.807) is 0 Å². The lowest BCUT2D eigenvalue weighted by atomic mass is 9.97. The van der Waals surface area contributed by atoms with Crippen LogP contribution in [0.2, 0.25) is 0 Å². The van der Waals surface area contributed by atoms with Gasteiger partial charge in [-0.3, -0.25) is 4.90 Å². The fourth-order valence-electron chi connectivity index (χ4n) is 3.09. The fraction of sp³-hybridized carbons (Fsp3) is 0.444. The number of hydrogen-bond acceptors (Lipinski definition) is 3. The van der Waals surface area contributed by atoms with Crippen molar-refractivity contribution < 1.29 is 0 Å². The van der Waals surface area contributed by atoms with Gasteiger partial charge in [-0.25, -0.2) is 0 Å². The van der Waals surface area contributed by atoms with Gasteiger partial charge in [-0.05, 0) is 43.7 Å². The van der Waals surface area contributed by atoms with E-state index in [1.165, 1.54) is 28.8 Å². The lowest BCUT2D eigenvalue weighted by molar-refractivity contribution is 0.159. The molecule has 1 aromatic carbocycles. The van der Waals surface area contributed by atoms with Gasteiger partial charge >= 0.3 is 0 Å². The van der Waals surface area contributed by atoms with Crippen LogP contribution in [0.3, 0.4) is 0 Å². The largest absolute Gasteiger partial charge is 0.326 e. The molecule has 1 aromatic heterocycles. The maximum atomic E-state index is 6.38. The van der Waals surface area contributed by atoms with Gasteiger partial charge in [-0.1, -0.05) is 35.9 Å². The summed E-state index contributed by atoms with van der Waals surface area (Å²) in [6.07, 6.45) is 2.61. The van der Waals surface area contributed by atoms with Crippen molar-refractivity contribution in [2.24, 2.45) is 5.73 Å². The SMILES string of the molecule is Cc1cccc(C(C(C)N)N(Cc2cccs2)C2CC2)c1. The summed E-state index contributed by atoms with van der Waals surface area (Å²) >= 11 is 1.84. The van der Waals surface area contributed by atoms with E-state index in [1.807, 2.05) is 11.3 Å². The second kappa shape index (κ2) is 6.30. The van der Waals surface area contributed by atoms with E-state index in [9.17, 15) is 0 Å². The molecule has 1 saturated carbocycles. The number of rotatable bonds is 6. The van der Waals surface area contributed by atoms with Crippen LogP contribution in [-0.2, 0) is 6.54 Å². The normalized spacial score (nSPS) is 17.9. The van der Waals surface area contributed by atoms with E-state index in [2.05, 4.69) is 60.5 Å². The van der Waals surface area contributed by atoms with Crippen LogP contribution in [0.1, 0.15) is 41.8 Å². The van der Waals surface area contributed by atoms with Crippen LogP contribution >= 0.6 is 11.3 Å². The Labute approximate surface area is 131 Å². The topological polar surface area (TPSA) is 29.3 Å². The Bertz CT molecular complexity index is 573. The van der Waals surface area contributed by atoms with Crippen LogP contribution in [0.5, 0.6) is 0 Å². The first-order chi connectivity index (χ1) is 10.1. The molecule has 0 aliphatic heterocycles. The molecule has 3 heteroatoms. The molecule has 2 nitrogen and oxygen atoms in total. The molecule has 1 heterocycles. The molecule has 1 aliphatic carbocycles. The Kier molecular flexibility index (Phi) is 4.43. The van der Waals surface area contributed by atoms with Crippen LogP contribution in [0.4, 0.5) is 0 Å². The minimum atomic E-state index is 0.132. The molecule has 21 heavy (non-hydrogen) atoms. The van der Waals surface area contributed by atoms with E-state index >= 15 is 0 Å². The highest BCUT2D eigenvalue weighted by atomic mass is 32.1. The highest BCUT2D eigenvalue weighted by Crippen LogP contribution is 2.37. The monoisotopic (exact) mass is 300 g/mol. The van der Waals surface area contributed by atoms with Crippen LogP contribution in [0, 0.1) is 6.92 Å². The molecular weight excluding hydrogens is 276 g/mol. The maximum absolute atomic E-state index is 6.38. The lowest BCUT2D eigenvalue weighted by Crippen LogP contribution is -2.40. The first-order valence-corrected chi connectivity index (χ1v) is 8.63. The van der Waals surface area contributed by atoms with E-state index in [-0.39, 0.29) is 6.04 Å². The third-order valence-electron chi connectivity index (χ3n) is 4.17. The number of nitrogens with zero attached hydrogens (tertiary/aromatic N) is 1. The molecule has 0 amide bonds. The lowest BCUT2D eigenvalue weighted by Gasteiger charge is -2.35. The zero-order chi connectivity index (χ0) is 14.8. The van der Waals surface area contributed by atoms with E-state index in [4.69, 9.17) is 5.73 Å². The quantitative estimate of drug-likeness (QED) is 0.870. The van der Waals surface area contributed by atoms with Gasteiger partial charge in [0.05, 0.1) is 6.04 Å². The van der Waals surface area contributed by atoms with Crippen LogP contribution in [0.25, 0.3) is 0 Å². The smallest absolute Gasteiger partial charge is 0.0503 e. The average molecular weight is 300 g/mol. The van der Waals surface area contributed by atoms with Crippen molar-refractivity contribution in [3.8, 4) is 0 Å². The molecule has 0 saturated heterocycles. The molecule has 2 atom stereocenters. The molecule has 3 rings (SSSR count). The third kappa shape index (κ3) is 3.54. The van der Waals surface area contributed by atoms with Gasteiger partial charge < -0.3 is 5.73 Å². The summed E-state index contributed by atoms with van der Waals surface area (Å²) in [4.78, 5) is 4.05. The molecule has 0 radical (unpaired) electrons. The third-order valence-corrected chi connectivity index (χ3v) is 5.03. The van der Waals surface area contributed by atoms with Crippen LogP contribution in [0.15, 0.2) is 41.8 Å². The minimum Gasteiger partial charge on any atom is -0.326 e. The van der Waals surface area contributed by atoms with E-state index < -0.39 is 0 Å². The molecular formula is C18H24N2S. The number of thiophene rings is 1. The highest BCUT2D eigenvalue weighted by molar-refractivity contribution is 7.09. The molecule has 112 valence electrons. The standard InChI is InChI=1S/C18H24N2S/c1-13-5-3-6-15(11-13)18(14(2)19)20(16-8-9-16)12-17-7-4-10-21-17/h3-7,10-11,14,16,18H,8-9,12,19H2,1-2H3. The first-order valence-electron chi connectivity index (χ1n) is 7.75. The van der Waals surface area contributed by atoms with Gasteiger partial charge in [-0.15, -0.1) is 11.3 Å². The Morgan fingerprint density at radius 1 is 1.29 bits per heavy atom. The second-order valence-corrected chi connectivity index (χ2v) is 7.23.